The van der Waals surface area contributed by atoms with Crippen molar-refractivity contribution in [1.29, 1.82) is 0 Å². The van der Waals surface area contributed by atoms with Crippen LogP contribution in [-0.2, 0) is 6.54 Å². The number of allylic oxidation sites excluding steroid dienone is 1. The van der Waals surface area contributed by atoms with Gasteiger partial charge in [-0.15, -0.1) is 0 Å². The van der Waals surface area contributed by atoms with E-state index in [1.54, 1.807) is 18.2 Å². The monoisotopic (exact) mass is 635 g/mol. The van der Waals surface area contributed by atoms with Crippen LogP contribution < -0.4 is 5.32 Å². The van der Waals surface area contributed by atoms with Crippen molar-refractivity contribution in [2.24, 2.45) is 5.92 Å². The summed E-state index contributed by atoms with van der Waals surface area (Å²) in [6.07, 6.45) is 6.52. The summed E-state index contributed by atoms with van der Waals surface area (Å²) in [4.78, 5) is 2.40. The van der Waals surface area contributed by atoms with Crippen LogP contribution in [0, 0.1) is 9.62 Å². The van der Waals surface area contributed by atoms with E-state index >= 15 is 0 Å². The molecule has 2 aliphatic heterocycles. The lowest BCUT2D eigenvalue weighted by Crippen LogP contribution is -2.37. The van der Waals surface area contributed by atoms with Crippen LogP contribution in [0.15, 0.2) is 65.3 Å². The summed E-state index contributed by atoms with van der Waals surface area (Å²) in [6.45, 7) is 3.70. The molecule has 178 valence electrons. The molecule has 0 atom stereocenters. The number of hydrogen-bond donors (Lipinski definition) is 4. The van der Waals surface area contributed by atoms with Gasteiger partial charge in [0.2, 0.25) is 0 Å². The van der Waals surface area contributed by atoms with E-state index in [1.807, 2.05) is 24.3 Å². The summed E-state index contributed by atoms with van der Waals surface area (Å²) < 4.78 is 5.86. The second-order valence-electron chi connectivity index (χ2n) is 8.74. The highest BCUT2D eigenvalue weighted by Crippen LogP contribution is 2.34. The average Bonchev–Trinajstić information content (AvgIpc) is 3.22. The summed E-state index contributed by atoms with van der Waals surface area (Å²) >= 11 is 3.28. The number of piperidine rings is 1. The molecule has 2 aliphatic rings. The van der Waals surface area contributed by atoms with Gasteiger partial charge in [-0.3, -0.25) is 9.47 Å². The summed E-state index contributed by atoms with van der Waals surface area (Å²) in [5, 5.41) is 33.4. The van der Waals surface area contributed by atoms with Crippen molar-refractivity contribution in [1.82, 2.24) is 14.8 Å². The number of hydrogen-bond acceptors (Lipinski definition) is 5. The van der Waals surface area contributed by atoms with Crippen molar-refractivity contribution in [2.75, 3.05) is 19.6 Å². The minimum atomic E-state index is -0.424. The smallest absolute Gasteiger partial charge is 0.157 e. The van der Waals surface area contributed by atoms with E-state index in [2.05, 4.69) is 49.1 Å². The zero-order chi connectivity index (χ0) is 23.7. The van der Waals surface area contributed by atoms with E-state index < -0.39 is 20.7 Å². The van der Waals surface area contributed by atoms with Crippen molar-refractivity contribution >= 4 is 46.0 Å². The Kier molecular flexibility index (Phi) is 6.99. The summed E-state index contributed by atoms with van der Waals surface area (Å²) in [5.74, 6) is 1.84. The highest BCUT2D eigenvalue weighted by Gasteiger charge is 2.22. The molecule has 3 aromatic rings. The normalized spacial score (nSPS) is 16.9. The van der Waals surface area contributed by atoms with Gasteiger partial charge in [-0.25, -0.2) is 0 Å². The maximum absolute atomic E-state index is 10.4. The quantitative estimate of drug-likeness (QED) is 0.225. The number of aromatic hydroxyl groups is 3. The number of phenols is 3. The molecule has 0 aliphatic carbocycles. The number of nitrogens with one attached hydrogen (secondary N) is 1. The zero-order valence-corrected chi connectivity index (χ0v) is 22.3. The first kappa shape index (κ1) is 23.4. The van der Waals surface area contributed by atoms with Crippen molar-refractivity contribution in [3.05, 3.63) is 80.1 Å². The summed E-state index contributed by atoms with van der Waals surface area (Å²) in [5.41, 5.74) is 1.93. The predicted octanol–water partition coefficient (Wildman–Crippen LogP) is 5.04. The van der Waals surface area contributed by atoms with Gasteiger partial charge >= 0.3 is 0 Å². The number of likely N-dealkylation sites (tertiary alicyclic amines) is 1. The van der Waals surface area contributed by atoms with E-state index in [9.17, 15) is 15.3 Å². The Morgan fingerprint density at radius 3 is 2.53 bits per heavy atom. The number of rotatable bonds is 6. The second kappa shape index (κ2) is 10.1. The van der Waals surface area contributed by atoms with Crippen LogP contribution in [0.5, 0.6) is 17.2 Å². The second-order valence-corrected chi connectivity index (χ2v) is 12.3. The summed E-state index contributed by atoms with van der Waals surface area (Å²) in [7, 11) is 0. The molecule has 34 heavy (non-hydrogen) atoms. The number of nitrogens with zero attached hydrogens (tertiary/aromatic N) is 2. The van der Waals surface area contributed by atoms with E-state index in [-0.39, 0.29) is 11.5 Å². The molecule has 0 spiro atoms. The molecule has 0 saturated carbocycles. The Hall–Kier alpha value is -2.30. The fourth-order valence-corrected chi connectivity index (χ4v) is 8.12. The molecule has 8 heteroatoms. The number of para-hydroxylation sites is 1. The maximum atomic E-state index is 10.4. The predicted molar refractivity (Wildman–Crippen MR) is 147 cm³/mol. The lowest BCUT2D eigenvalue weighted by molar-refractivity contribution is 0.177. The molecule has 1 saturated heterocycles. The maximum Gasteiger partial charge on any atom is 0.157 e. The van der Waals surface area contributed by atoms with E-state index in [4.69, 9.17) is 0 Å². The van der Waals surface area contributed by atoms with Gasteiger partial charge in [-0.2, -0.15) is 0 Å². The molecule has 0 unspecified atom stereocenters. The van der Waals surface area contributed by atoms with Gasteiger partial charge in [0.25, 0.3) is 0 Å². The lowest BCUT2D eigenvalue weighted by atomic mass is 9.96. The van der Waals surface area contributed by atoms with E-state index in [0.29, 0.717) is 11.7 Å². The third-order valence-corrected chi connectivity index (χ3v) is 10.8. The van der Waals surface area contributed by atoms with Crippen LogP contribution in [0.25, 0.3) is 5.82 Å². The van der Waals surface area contributed by atoms with Crippen LogP contribution in [0.3, 0.4) is 0 Å². The van der Waals surface area contributed by atoms with Gasteiger partial charge in [0.15, 0.2) is 11.5 Å². The van der Waals surface area contributed by atoms with Crippen molar-refractivity contribution in [3.8, 4) is 17.2 Å². The first-order chi connectivity index (χ1) is 16.5. The Morgan fingerprint density at radius 2 is 1.76 bits per heavy atom. The third kappa shape index (κ3) is 5.04. The van der Waals surface area contributed by atoms with Crippen LogP contribution in [-0.4, -0.2) is 47.9 Å². The van der Waals surface area contributed by atoms with Crippen LogP contribution in [0.2, 0.25) is 0 Å². The fourth-order valence-electron chi connectivity index (χ4n) is 4.44. The van der Waals surface area contributed by atoms with Crippen LogP contribution >= 0.6 is 36.7 Å². The van der Waals surface area contributed by atoms with Crippen molar-refractivity contribution in [2.45, 2.75) is 19.4 Å². The largest absolute Gasteiger partial charge is 0.507 e. The molecule has 6 nitrogen and oxygen atoms in total. The third-order valence-electron chi connectivity index (χ3n) is 6.38. The number of aromatic nitrogens is 1. The SMILES string of the molecule is Oc1ccc(CN2CCC(CNC3=CC(c4ccccc4O)=Ic4c(Br)ccn43)CC2)cc1O. The highest BCUT2D eigenvalue weighted by atomic mass is 127. The molecule has 0 bridgehead atoms. The molecule has 3 heterocycles. The molecule has 5 rings (SSSR count). The Labute approximate surface area is 217 Å². The fraction of sp³-hybridized carbons (Fsp3) is 0.269. The molecule has 1 aromatic heterocycles. The van der Waals surface area contributed by atoms with E-state index in [1.165, 1.54) is 7.21 Å². The number of fused-ring (bicyclic) bond motifs is 1. The van der Waals surface area contributed by atoms with Gasteiger partial charge < -0.3 is 20.6 Å². The molecule has 0 amide bonds. The number of phenolic OH excluding ortho intramolecular Hbond substituents is 3. The molecule has 0 radical (unpaired) electrons. The molecular formula is C26H27BrIN3O3. The molecule has 2 aromatic carbocycles. The van der Waals surface area contributed by atoms with Gasteiger partial charge in [0, 0.05) is 32.8 Å². The van der Waals surface area contributed by atoms with Gasteiger partial charge in [-0.1, -0.05) is 45.0 Å². The van der Waals surface area contributed by atoms with Crippen LogP contribution in [0.4, 0.5) is 0 Å². The minimum absolute atomic E-state index is 0.0595. The minimum Gasteiger partial charge on any atom is -0.507 e. The Balaban J connectivity index is 1.23. The molecular weight excluding hydrogens is 609 g/mol. The first-order valence-corrected chi connectivity index (χ1v) is 14.3. The van der Waals surface area contributed by atoms with Crippen molar-refractivity contribution < 1.29 is 15.3 Å². The van der Waals surface area contributed by atoms with Crippen LogP contribution in [0.1, 0.15) is 24.0 Å². The van der Waals surface area contributed by atoms with Crippen molar-refractivity contribution in [3.63, 3.8) is 0 Å². The lowest BCUT2D eigenvalue weighted by Gasteiger charge is -2.32. The molecule has 4 N–H and O–H groups in total. The Morgan fingerprint density at radius 1 is 0.971 bits per heavy atom. The van der Waals surface area contributed by atoms with Gasteiger partial charge in [0.05, 0.1) is 3.70 Å². The molecule has 1 fully saturated rings. The first-order valence-electron chi connectivity index (χ1n) is 11.3. The number of benzene rings is 2. The highest BCUT2D eigenvalue weighted by molar-refractivity contribution is 14.2. The number of halogens is 2. The topological polar surface area (TPSA) is 80.9 Å². The van der Waals surface area contributed by atoms with E-state index in [0.717, 1.165) is 60.4 Å². The Bertz CT molecular complexity index is 1260. The van der Waals surface area contributed by atoms with Gasteiger partial charge in [0.1, 0.15) is 11.6 Å². The standard InChI is InChI=1S/C26H27BrIN3O3/c27-20-9-12-31-25(14-21(28-26(20)31)19-3-1-2-4-22(19)32)29-15-17-7-10-30(11-8-17)16-18-5-6-23(33)24(34)13-18/h1-6,9,12-14,17,29,32-34H,7-8,10-11,15-16H2. The average molecular weight is 636 g/mol. The summed E-state index contributed by atoms with van der Waals surface area (Å²) in [6, 6.07) is 14.7. The zero-order valence-electron chi connectivity index (χ0n) is 18.6. The van der Waals surface area contributed by atoms with Gasteiger partial charge in [-0.05, 0) is 83.7 Å².